The molecule has 2 aromatic carbocycles. The van der Waals surface area contributed by atoms with E-state index in [9.17, 15) is 9.59 Å². The molecule has 0 fully saturated rings. The van der Waals surface area contributed by atoms with Crippen molar-refractivity contribution in [3.63, 3.8) is 0 Å². The van der Waals surface area contributed by atoms with Gasteiger partial charge in [0.1, 0.15) is 0 Å². The molecule has 0 saturated heterocycles. The van der Waals surface area contributed by atoms with Crippen LogP contribution in [0.4, 0.5) is 5.69 Å². The van der Waals surface area contributed by atoms with Gasteiger partial charge in [-0.2, -0.15) is 0 Å². The molecular formula is C19H20N2O2. The molecule has 0 aromatic heterocycles. The second-order valence-corrected chi connectivity index (χ2v) is 5.07. The van der Waals surface area contributed by atoms with Gasteiger partial charge in [-0.25, -0.2) is 0 Å². The molecule has 2 rings (SSSR count). The Hall–Kier alpha value is -2.88. The van der Waals surface area contributed by atoms with Crippen molar-refractivity contribution >= 4 is 23.6 Å². The van der Waals surface area contributed by atoms with Crippen LogP contribution in [0.25, 0.3) is 6.08 Å². The summed E-state index contributed by atoms with van der Waals surface area (Å²) < 4.78 is 0. The summed E-state index contributed by atoms with van der Waals surface area (Å²) in [5.74, 6) is -0.365. The number of amides is 2. The fourth-order valence-electron chi connectivity index (χ4n) is 2.07. The van der Waals surface area contributed by atoms with Crippen molar-refractivity contribution in [2.45, 2.75) is 13.3 Å². The fraction of sp³-hybridized carbons (Fsp3) is 0.158. The summed E-state index contributed by atoms with van der Waals surface area (Å²) in [5, 5.41) is 5.31. The molecule has 0 heterocycles. The molecule has 2 N–H and O–H groups in total. The maximum atomic E-state index is 11.9. The smallest absolute Gasteiger partial charge is 0.251 e. The highest BCUT2D eigenvalue weighted by Crippen LogP contribution is 2.10. The van der Waals surface area contributed by atoms with E-state index in [0.29, 0.717) is 11.3 Å². The number of nitrogens with one attached hydrogen (secondary N) is 2. The lowest BCUT2D eigenvalue weighted by atomic mass is 10.1. The zero-order valence-electron chi connectivity index (χ0n) is 13.3. The SMILES string of the molecule is CCc1ccc(/C=C/C(=O)Nc2ccc(C(=O)NC)cc2)cc1. The Morgan fingerprint density at radius 1 is 1.00 bits per heavy atom. The standard InChI is InChI=1S/C19H20N2O2/c1-3-14-4-6-15(7-5-14)8-13-18(22)21-17-11-9-16(10-12-17)19(23)20-2/h4-13H,3H2,1-2H3,(H,20,23)(H,21,22)/b13-8+. The van der Waals surface area contributed by atoms with Crippen LogP contribution in [-0.4, -0.2) is 18.9 Å². The van der Waals surface area contributed by atoms with Crippen molar-refractivity contribution < 1.29 is 9.59 Å². The molecule has 0 aliphatic heterocycles. The molecule has 2 aromatic rings. The van der Waals surface area contributed by atoms with E-state index in [4.69, 9.17) is 0 Å². The highest BCUT2D eigenvalue weighted by Gasteiger charge is 2.03. The van der Waals surface area contributed by atoms with Gasteiger partial charge in [-0.1, -0.05) is 31.2 Å². The van der Waals surface area contributed by atoms with Crippen molar-refractivity contribution in [3.05, 3.63) is 71.3 Å². The van der Waals surface area contributed by atoms with Crippen LogP contribution in [0.15, 0.2) is 54.6 Å². The number of hydrogen-bond donors (Lipinski definition) is 2. The molecule has 0 saturated carbocycles. The first-order valence-electron chi connectivity index (χ1n) is 7.52. The average molecular weight is 308 g/mol. The van der Waals surface area contributed by atoms with Crippen LogP contribution in [0.3, 0.4) is 0 Å². The van der Waals surface area contributed by atoms with Gasteiger partial charge in [0, 0.05) is 24.4 Å². The summed E-state index contributed by atoms with van der Waals surface area (Å²) in [5.41, 5.74) is 3.45. The Bertz CT molecular complexity index is 701. The second kappa shape index (κ2) is 7.94. The lowest BCUT2D eigenvalue weighted by Crippen LogP contribution is -2.17. The van der Waals surface area contributed by atoms with Gasteiger partial charge < -0.3 is 10.6 Å². The Morgan fingerprint density at radius 3 is 2.22 bits per heavy atom. The molecule has 0 unspecified atom stereocenters. The molecule has 0 bridgehead atoms. The first-order valence-corrected chi connectivity index (χ1v) is 7.52. The third kappa shape index (κ3) is 4.81. The summed E-state index contributed by atoms with van der Waals surface area (Å²) in [7, 11) is 1.58. The normalized spacial score (nSPS) is 10.5. The molecule has 2 amide bonds. The zero-order valence-corrected chi connectivity index (χ0v) is 13.3. The van der Waals surface area contributed by atoms with E-state index in [1.807, 2.05) is 12.1 Å². The monoisotopic (exact) mass is 308 g/mol. The van der Waals surface area contributed by atoms with Crippen molar-refractivity contribution in [3.8, 4) is 0 Å². The molecule has 0 aliphatic rings. The summed E-state index contributed by atoms with van der Waals surface area (Å²) in [6, 6.07) is 14.8. The van der Waals surface area contributed by atoms with Crippen LogP contribution in [-0.2, 0) is 11.2 Å². The van der Waals surface area contributed by atoms with Crippen LogP contribution in [0, 0.1) is 0 Å². The predicted octanol–water partition coefficient (Wildman–Crippen LogP) is 3.26. The number of carbonyl (C=O) groups is 2. The number of rotatable bonds is 5. The van der Waals surface area contributed by atoms with Gasteiger partial charge in [0.2, 0.25) is 5.91 Å². The minimum absolute atomic E-state index is 0.154. The summed E-state index contributed by atoms with van der Waals surface area (Å²) in [4.78, 5) is 23.3. The number of anilines is 1. The van der Waals surface area contributed by atoms with Crippen molar-refractivity contribution in [2.24, 2.45) is 0 Å². The Kier molecular flexibility index (Phi) is 5.69. The second-order valence-electron chi connectivity index (χ2n) is 5.07. The van der Waals surface area contributed by atoms with Gasteiger partial charge in [0.25, 0.3) is 5.91 Å². The lowest BCUT2D eigenvalue weighted by molar-refractivity contribution is -0.111. The van der Waals surface area contributed by atoms with Crippen LogP contribution >= 0.6 is 0 Å². The van der Waals surface area contributed by atoms with Gasteiger partial charge in [-0.05, 0) is 47.9 Å². The van der Waals surface area contributed by atoms with Crippen LogP contribution < -0.4 is 10.6 Å². The summed E-state index contributed by atoms with van der Waals surface area (Å²) >= 11 is 0. The third-order valence-corrected chi connectivity index (χ3v) is 3.46. The van der Waals surface area contributed by atoms with Crippen LogP contribution in [0.2, 0.25) is 0 Å². The largest absolute Gasteiger partial charge is 0.355 e. The first kappa shape index (κ1) is 16.5. The first-order chi connectivity index (χ1) is 11.1. The molecule has 0 radical (unpaired) electrons. The Balaban J connectivity index is 1.95. The topological polar surface area (TPSA) is 58.2 Å². The van der Waals surface area contributed by atoms with Crippen molar-refractivity contribution in [1.82, 2.24) is 5.32 Å². The molecular weight excluding hydrogens is 288 g/mol. The quantitative estimate of drug-likeness (QED) is 0.833. The third-order valence-electron chi connectivity index (χ3n) is 3.46. The Labute approximate surface area is 136 Å². The van der Waals surface area contributed by atoms with Crippen LogP contribution in [0.1, 0.15) is 28.4 Å². The molecule has 0 atom stereocenters. The predicted molar refractivity (Wildman–Crippen MR) is 93.3 cm³/mol. The number of aryl methyl sites for hydroxylation is 1. The minimum Gasteiger partial charge on any atom is -0.355 e. The van der Waals surface area contributed by atoms with Gasteiger partial charge in [0.05, 0.1) is 0 Å². The number of hydrogen-bond acceptors (Lipinski definition) is 2. The van der Waals surface area contributed by atoms with Gasteiger partial charge >= 0.3 is 0 Å². The zero-order chi connectivity index (χ0) is 16.7. The van der Waals surface area contributed by atoms with E-state index in [0.717, 1.165) is 12.0 Å². The van der Waals surface area contributed by atoms with E-state index >= 15 is 0 Å². The van der Waals surface area contributed by atoms with Crippen LogP contribution in [0.5, 0.6) is 0 Å². The van der Waals surface area contributed by atoms with E-state index in [1.54, 1.807) is 37.4 Å². The maximum Gasteiger partial charge on any atom is 0.251 e. The highest BCUT2D eigenvalue weighted by atomic mass is 16.2. The summed E-state index contributed by atoms with van der Waals surface area (Å²) in [6.07, 6.45) is 4.26. The average Bonchev–Trinajstić information content (AvgIpc) is 2.60. The molecule has 4 nitrogen and oxygen atoms in total. The molecule has 0 aliphatic carbocycles. The number of carbonyl (C=O) groups excluding carboxylic acids is 2. The lowest BCUT2D eigenvalue weighted by Gasteiger charge is -2.04. The maximum absolute atomic E-state index is 11.9. The molecule has 23 heavy (non-hydrogen) atoms. The number of benzene rings is 2. The van der Waals surface area contributed by atoms with E-state index in [1.165, 1.54) is 11.6 Å². The van der Waals surface area contributed by atoms with E-state index in [2.05, 4.69) is 29.7 Å². The molecule has 118 valence electrons. The fourth-order valence-corrected chi connectivity index (χ4v) is 2.07. The van der Waals surface area contributed by atoms with Crippen molar-refractivity contribution in [1.29, 1.82) is 0 Å². The van der Waals surface area contributed by atoms with E-state index in [-0.39, 0.29) is 11.8 Å². The van der Waals surface area contributed by atoms with Crippen molar-refractivity contribution in [2.75, 3.05) is 12.4 Å². The summed E-state index contributed by atoms with van der Waals surface area (Å²) in [6.45, 7) is 2.10. The van der Waals surface area contributed by atoms with Gasteiger partial charge in [-0.15, -0.1) is 0 Å². The van der Waals surface area contributed by atoms with Gasteiger partial charge in [-0.3, -0.25) is 9.59 Å². The Morgan fingerprint density at radius 2 is 1.65 bits per heavy atom. The van der Waals surface area contributed by atoms with Gasteiger partial charge in [0.15, 0.2) is 0 Å². The minimum atomic E-state index is -0.211. The molecule has 4 heteroatoms. The molecule has 0 spiro atoms. The highest BCUT2D eigenvalue weighted by molar-refractivity contribution is 6.02. The van der Waals surface area contributed by atoms with E-state index < -0.39 is 0 Å².